The molecule has 9 rings (SSSR count). The van der Waals surface area contributed by atoms with Crippen molar-refractivity contribution in [3.05, 3.63) is 218 Å². The molecular formula is C54H40N2. The van der Waals surface area contributed by atoms with Gasteiger partial charge in [-0.2, -0.15) is 0 Å². The molecule has 56 heavy (non-hydrogen) atoms. The summed E-state index contributed by atoms with van der Waals surface area (Å²) in [6.07, 6.45) is 0. The van der Waals surface area contributed by atoms with Crippen molar-refractivity contribution in [1.82, 2.24) is 0 Å². The maximum Gasteiger partial charge on any atom is 0.0314 e. The molecule has 4 N–H and O–H groups in total. The van der Waals surface area contributed by atoms with Gasteiger partial charge in [-0.05, 0) is 138 Å². The summed E-state index contributed by atoms with van der Waals surface area (Å²) in [6, 6.07) is 77.7. The number of anilines is 2. The van der Waals surface area contributed by atoms with Crippen LogP contribution in [0.1, 0.15) is 0 Å². The van der Waals surface area contributed by atoms with E-state index in [0.717, 1.165) is 44.8 Å². The number of hydrogen-bond donors (Lipinski definition) is 2. The average molecular weight is 717 g/mol. The van der Waals surface area contributed by atoms with E-state index in [9.17, 15) is 0 Å². The number of nitrogen functional groups attached to an aromatic ring is 2. The molecule has 0 aliphatic heterocycles. The van der Waals surface area contributed by atoms with E-state index in [1.807, 2.05) is 24.3 Å². The third-order valence-corrected chi connectivity index (χ3v) is 10.6. The van der Waals surface area contributed by atoms with Crippen molar-refractivity contribution < 1.29 is 0 Å². The van der Waals surface area contributed by atoms with Crippen molar-refractivity contribution in [1.29, 1.82) is 0 Å². The van der Waals surface area contributed by atoms with Gasteiger partial charge in [0.2, 0.25) is 0 Å². The first kappa shape index (κ1) is 34.4. The second-order valence-electron chi connectivity index (χ2n) is 14.2. The van der Waals surface area contributed by atoms with E-state index >= 15 is 0 Å². The highest BCUT2D eigenvalue weighted by molar-refractivity contribution is 6.00. The molecule has 0 heterocycles. The molecule has 9 aromatic rings. The van der Waals surface area contributed by atoms with Gasteiger partial charge in [-0.3, -0.25) is 0 Å². The van der Waals surface area contributed by atoms with E-state index in [1.165, 1.54) is 55.6 Å². The van der Waals surface area contributed by atoms with Gasteiger partial charge in [0, 0.05) is 11.4 Å². The molecule has 0 aromatic heterocycles. The van der Waals surface area contributed by atoms with Gasteiger partial charge >= 0.3 is 0 Å². The van der Waals surface area contributed by atoms with Gasteiger partial charge in [-0.15, -0.1) is 0 Å². The summed E-state index contributed by atoms with van der Waals surface area (Å²) in [7, 11) is 0. The number of benzene rings is 9. The zero-order chi connectivity index (χ0) is 37.8. The average Bonchev–Trinajstić information content (AvgIpc) is 3.27. The third-order valence-electron chi connectivity index (χ3n) is 10.6. The Balaban J connectivity index is 1.28. The number of hydrogen-bond acceptors (Lipinski definition) is 2. The van der Waals surface area contributed by atoms with Crippen LogP contribution in [0, 0.1) is 0 Å². The summed E-state index contributed by atoms with van der Waals surface area (Å²) in [5.41, 5.74) is 32.3. The first-order valence-corrected chi connectivity index (χ1v) is 19.0. The monoisotopic (exact) mass is 716 g/mol. The van der Waals surface area contributed by atoms with Gasteiger partial charge in [0.05, 0.1) is 0 Å². The Hall–Kier alpha value is -7.42. The molecule has 0 saturated heterocycles. The second kappa shape index (κ2) is 15.1. The molecule has 2 nitrogen and oxygen atoms in total. The molecular weight excluding hydrogens is 677 g/mol. The standard InChI is InChI=1S/C54H40N2/c55-47-29-25-37(26-30-47)45-33-49(39-13-5-1-6-14-39)53(43-17-9-3-10-18-43)51(35-45)41-21-23-42(24-22-41)52-36-46(38-27-31-48(56)32-28-38)34-50(40-15-7-2-8-16-40)54(52)44-19-11-4-12-20-44/h1-36H,55-56H2. The topological polar surface area (TPSA) is 52.0 Å². The molecule has 0 bridgehead atoms. The van der Waals surface area contributed by atoms with E-state index in [4.69, 9.17) is 11.5 Å². The van der Waals surface area contributed by atoms with Crippen LogP contribution < -0.4 is 11.5 Å². The van der Waals surface area contributed by atoms with Crippen molar-refractivity contribution in [2.45, 2.75) is 0 Å². The smallest absolute Gasteiger partial charge is 0.0314 e. The van der Waals surface area contributed by atoms with E-state index in [-0.39, 0.29) is 0 Å². The molecule has 0 aliphatic rings. The Morgan fingerprint density at radius 2 is 0.429 bits per heavy atom. The van der Waals surface area contributed by atoms with Crippen LogP contribution in [0.25, 0.3) is 89.0 Å². The molecule has 0 unspecified atom stereocenters. The van der Waals surface area contributed by atoms with Crippen LogP contribution in [0.3, 0.4) is 0 Å². The van der Waals surface area contributed by atoms with Crippen LogP contribution in [-0.4, -0.2) is 0 Å². The molecule has 0 saturated carbocycles. The minimum atomic E-state index is 0.750. The summed E-state index contributed by atoms with van der Waals surface area (Å²) in [5, 5.41) is 0. The first-order valence-electron chi connectivity index (χ1n) is 19.0. The molecule has 0 atom stereocenters. The lowest BCUT2D eigenvalue weighted by molar-refractivity contribution is 1.53. The lowest BCUT2D eigenvalue weighted by Gasteiger charge is -2.21. The Bertz CT molecular complexity index is 2540. The zero-order valence-corrected chi connectivity index (χ0v) is 30.9. The zero-order valence-electron chi connectivity index (χ0n) is 30.9. The fourth-order valence-corrected chi connectivity index (χ4v) is 7.78. The van der Waals surface area contributed by atoms with Crippen LogP contribution in [0.5, 0.6) is 0 Å². The van der Waals surface area contributed by atoms with E-state index in [0.29, 0.717) is 0 Å². The van der Waals surface area contributed by atoms with Crippen molar-refractivity contribution in [3.63, 3.8) is 0 Å². The minimum Gasteiger partial charge on any atom is -0.399 e. The van der Waals surface area contributed by atoms with Gasteiger partial charge in [0.15, 0.2) is 0 Å². The van der Waals surface area contributed by atoms with E-state index < -0.39 is 0 Å². The molecule has 0 aliphatic carbocycles. The first-order chi connectivity index (χ1) is 27.6. The minimum absolute atomic E-state index is 0.750. The van der Waals surface area contributed by atoms with Gasteiger partial charge in [0.1, 0.15) is 0 Å². The molecule has 266 valence electrons. The Labute approximate surface area is 329 Å². The fourth-order valence-electron chi connectivity index (χ4n) is 7.78. The van der Waals surface area contributed by atoms with Crippen LogP contribution >= 0.6 is 0 Å². The summed E-state index contributed by atoms with van der Waals surface area (Å²) in [4.78, 5) is 0. The highest BCUT2D eigenvalue weighted by atomic mass is 14.5. The van der Waals surface area contributed by atoms with Crippen LogP contribution in [-0.2, 0) is 0 Å². The van der Waals surface area contributed by atoms with Crippen LogP contribution in [0.4, 0.5) is 11.4 Å². The van der Waals surface area contributed by atoms with Gasteiger partial charge in [-0.1, -0.05) is 170 Å². The van der Waals surface area contributed by atoms with Crippen LogP contribution in [0.15, 0.2) is 218 Å². The molecule has 2 heteroatoms. The number of rotatable bonds is 8. The summed E-state index contributed by atoms with van der Waals surface area (Å²) in [5.74, 6) is 0. The molecule has 0 radical (unpaired) electrons. The quantitative estimate of drug-likeness (QED) is 0.154. The highest BCUT2D eigenvalue weighted by Gasteiger charge is 2.20. The predicted octanol–water partition coefficient (Wildman–Crippen LogP) is 14.2. The summed E-state index contributed by atoms with van der Waals surface area (Å²) < 4.78 is 0. The lowest BCUT2D eigenvalue weighted by atomic mass is 9.83. The second-order valence-corrected chi connectivity index (χ2v) is 14.2. The van der Waals surface area contributed by atoms with Crippen molar-refractivity contribution in [2.75, 3.05) is 11.5 Å². The van der Waals surface area contributed by atoms with Gasteiger partial charge < -0.3 is 11.5 Å². The van der Waals surface area contributed by atoms with Gasteiger partial charge in [0.25, 0.3) is 0 Å². The fraction of sp³-hybridized carbons (Fsp3) is 0. The molecule has 0 fully saturated rings. The summed E-state index contributed by atoms with van der Waals surface area (Å²) >= 11 is 0. The van der Waals surface area contributed by atoms with Crippen molar-refractivity contribution in [2.24, 2.45) is 0 Å². The Kier molecular flexibility index (Phi) is 9.29. The highest BCUT2D eigenvalue weighted by Crippen LogP contribution is 2.46. The number of nitrogens with two attached hydrogens (primary N) is 2. The van der Waals surface area contributed by atoms with Crippen molar-refractivity contribution >= 4 is 11.4 Å². The van der Waals surface area contributed by atoms with Gasteiger partial charge in [-0.25, -0.2) is 0 Å². The Morgan fingerprint density at radius 1 is 0.196 bits per heavy atom. The lowest BCUT2D eigenvalue weighted by Crippen LogP contribution is -1.95. The predicted molar refractivity (Wildman–Crippen MR) is 239 cm³/mol. The van der Waals surface area contributed by atoms with E-state index in [2.05, 4.69) is 194 Å². The third kappa shape index (κ3) is 6.88. The van der Waals surface area contributed by atoms with Crippen LogP contribution in [0.2, 0.25) is 0 Å². The summed E-state index contributed by atoms with van der Waals surface area (Å²) in [6.45, 7) is 0. The Morgan fingerprint density at radius 3 is 0.714 bits per heavy atom. The largest absolute Gasteiger partial charge is 0.399 e. The molecule has 0 spiro atoms. The maximum atomic E-state index is 6.14. The maximum absolute atomic E-state index is 6.14. The molecule has 0 amide bonds. The normalized spacial score (nSPS) is 11.0. The SMILES string of the molecule is Nc1ccc(-c2cc(-c3ccccc3)c(-c3ccccc3)c(-c3ccc(-c4cc(-c5ccc(N)cc5)cc(-c5ccccc5)c4-c4ccccc4)cc3)c2)cc1. The molecule has 9 aromatic carbocycles. The van der Waals surface area contributed by atoms with Crippen molar-refractivity contribution in [3.8, 4) is 89.0 Å². The van der Waals surface area contributed by atoms with E-state index in [1.54, 1.807) is 0 Å².